The molecule has 4 aliphatic carbocycles. The van der Waals surface area contributed by atoms with Crippen molar-refractivity contribution < 1.29 is 4.79 Å². The first kappa shape index (κ1) is 13.4. The van der Waals surface area contributed by atoms with Crippen molar-refractivity contribution in [2.75, 3.05) is 18.8 Å². The Morgan fingerprint density at radius 2 is 1.75 bits per heavy atom. The summed E-state index contributed by atoms with van der Waals surface area (Å²) in [6.45, 7) is 1.65. The highest BCUT2D eigenvalue weighted by Gasteiger charge is 2.51. The molecule has 0 aromatic rings. The first-order chi connectivity index (χ1) is 9.62. The van der Waals surface area contributed by atoms with Gasteiger partial charge in [-0.2, -0.15) is 0 Å². The number of rotatable bonds is 3. The SMILES string of the molecule is NC1CCN(C(=O)CSC23CC4CC(CC(C4)C2)C3)C1. The van der Waals surface area contributed by atoms with Crippen LogP contribution >= 0.6 is 11.8 Å². The number of thioether (sulfide) groups is 1. The van der Waals surface area contributed by atoms with Gasteiger partial charge in [0.15, 0.2) is 0 Å². The Balaban J connectivity index is 1.36. The number of carbonyl (C=O) groups excluding carboxylic acids is 1. The number of nitrogens with zero attached hydrogens (tertiary/aromatic N) is 1. The molecule has 0 aromatic heterocycles. The van der Waals surface area contributed by atoms with Crippen LogP contribution in [0.5, 0.6) is 0 Å². The van der Waals surface area contributed by atoms with E-state index in [1.807, 2.05) is 16.7 Å². The minimum absolute atomic E-state index is 0.212. The summed E-state index contributed by atoms with van der Waals surface area (Å²) in [6, 6.07) is 0.212. The minimum Gasteiger partial charge on any atom is -0.340 e. The highest BCUT2D eigenvalue weighted by Crippen LogP contribution is 2.60. The highest BCUT2D eigenvalue weighted by atomic mass is 32.2. The number of nitrogens with two attached hydrogens (primary N) is 1. The van der Waals surface area contributed by atoms with Crippen LogP contribution in [0.15, 0.2) is 0 Å². The van der Waals surface area contributed by atoms with Crippen LogP contribution in [-0.4, -0.2) is 40.4 Å². The average Bonchev–Trinajstić information content (AvgIpc) is 2.81. The lowest BCUT2D eigenvalue weighted by Crippen LogP contribution is -2.49. The third-order valence-electron chi connectivity index (χ3n) is 6.06. The lowest BCUT2D eigenvalue weighted by atomic mass is 9.56. The first-order valence-corrected chi connectivity index (χ1v) is 9.28. The van der Waals surface area contributed by atoms with Gasteiger partial charge in [0.2, 0.25) is 5.91 Å². The zero-order chi connectivity index (χ0) is 13.7. The second-order valence-corrected chi connectivity index (χ2v) is 9.22. The Labute approximate surface area is 126 Å². The maximum absolute atomic E-state index is 12.3. The van der Waals surface area contributed by atoms with E-state index in [0.29, 0.717) is 16.4 Å². The van der Waals surface area contributed by atoms with Gasteiger partial charge in [-0.3, -0.25) is 4.79 Å². The first-order valence-electron chi connectivity index (χ1n) is 8.29. The molecule has 1 heterocycles. The van der Waals surface area contributed by atoms with Gasteiger partial charge in [-0.1, -0.05) is 0 Å². The summed E-state index contributed by atoms with van der Waals surface area (Å²) in [4.78, 5) is 14.3. The number of hydrogen-bond acceptors (Lipinski definition) is 3. The number of amides is 1. The van der Waals surface area contributed by atoms with Gasteiger partial charge in [0.1, 0.15) is 0 Å². The van der Waals surface area contributed by atoms with E-state index in [4.69, 9.17) is 5.73 Å². The zero-order valence-corrected chi connectivity index (χ0v) is 13.0. The summed E-state index contributed by atoms with van der Waals surface area (Å²) in [7, 11) is 0. The Morgan fingerprint density at radius 3 is 2.25 bits per heavy atom. The van der Waals surface area contributed by atoms with Crippen molar-refractivity contribution in [3.63, 3.8) is 0 Å². The maximum Gasteiger partial charge on any atom is 0.232 e. The van der Waals surface area contributed by atoms with Crippen LogP contribution in [0.2, 0.25) is 0 Å². The monoisotopic (exact) mass is 294 g/mol. The van der Waals surface area contributed by atoms with Crippen molar-refractivity contribution in [3.05, 3.63) is 0 Å². The molecule has 112 valence electrons. The molecule has 0 aromatic carbocycles. The highest BCUT2D eigenvalue weighted by molar-refractivity contribution is 8.01. The summed E-state index contributed by atoms with van der Waals surface area (Å²) in [5.74, 6) is 3.95. The van der Waals surface area contributed by atoms with Crippen LogP contribution in [0.1, 0.15) is 44.9 Å². The van der Waals surface area contributed by atoms with E-state index in [9.17, 15) is 4.79 Å². The summed E-state index contributed by atoms with van der Waals surface area (Å²) in [6.07, 6.45) is 9.58. The summed E-state index contributed by atoms with van der Waals surface area (Å²) < 4.78 is 0.465. The molecule has 2 N–H and O–H groups in total. The van der Waals surface area contributed by atoms with E-state index in [2.05, 4.69) is 0 Å². The number of hydrogen-bond donors (Lipinski definition) is 1. The lowest BCUT2D eigenvalue weighted by Gasteiger charge is -2.56. The summed E-state index contributed by atoms with van der Waals surface area (Å²) in [5.41, 5.74) is 5.90. The molecule has 0 radical (unpaired) electrons. The van der Waals surface area contributed by atoms with Crippen LogP contribution in [-0.2, 0) is 4.79 Å². The van der Waals surface area contributed by atoms with Gasteiger partial charge < -0.3 is 10.6 Å². The van der Waals surface area contributed by atoms with Crippen molar-refractivity contribution >= 4 is 17.7 Å². The molecular weight excluding hydrogens is 268 g/mol. The summed E-state index contributed by atoms with van der Waals surface area (Å²) >= 11 is 2.00. The molecule has 5 fully saturated rings. The molecule has 5 rings (SSSR count). The fraction of sp³-hybridized carbons (Fsp3) is 0.938. The molecule has 1 aliphatic heterocycles. The molecular formula is C16H26N2OS. The molecule has 1 unspecified atom stereocenters. The second kappa shape index (κ2) is 4.91. The van der Waals surface area contributed by atoms with Gasteiger partial charge in [0.25, 0.3) is 0 Å². The molecule has 20 heavy (non-hydrogen) atoms. The van der Waals surface area contributed by atoms with Crippen LogP contribution in [0, 0.1) is 17.8 Å². The Bertz CT molecular complexity index is 376. The van der Waals surface area contributed by atoms with E-state index in [1.165, 1.54) is 38.5 Å². The van der Waals surface area contributed by atoms with E-state index in [0.717, 1.165) is 37.3 Å². The van der Waals surface area contributed by atoms with Gasteiger partial charge in [-0.25, -0.2) is 0 Å². The van der Waals surface area contributed by atoms with E-state index < -0.39 is 0 Å². The van der Waals surface area contributed by atoms with Crippen molar-refractivity contribution in [2.24, 2.45) is 23.5 Å². The van der Waals surface area contributed by atoms with Gasteiger partial charge in [0, 0.05) is 23.9 Å². The minimum atomic E-state index is 0.212. The normalized spacial score (nSPS) is 46.1. The molecule has 1 atom stereocenters. The third-order valence-corrected chi connectivity index (χ3v) is 7.56. The Morgan fingerprint density at radius 1 is 1.15 bits per heavy atom. The van der Waals surface area contributed by atoms with E-state index >= 15 is 0 Å². The second-order valence-electron chi connectivity index (χ2n) is 7.78. The van der Waals surface area contributed by atoms with Crippen molar-refractivity contribution in [1.82, 2.24) is 4.90 Å². The van der Waals surface area contributed by atoms with Gasteiger partial charge in [-0.05, 0) is 62.7 Å². The van der Waals surface area contributed by atoms with Crippen molar-refractivity contribution in [2.45, 2.75) is 55.7 Å². The third kappa shape index (κ3) is 2.39. The number of likely N-dealkylation sites (tertiary alicyclic amines) is 1. The fourth-order valence-corrected chi connectivity index (χ4v) is 7.20. The molecule has 5 aliphatic rings. The Kier molecular flexibility index (Phi) is 3.30. The van der Waals surface area contributed by atoms with Crippen molar-refractivity contribution in [3.8, 4) is 0 Å². The molecule has 1 amide bonds. The van der Waals surface area contributed by atoms with Crippen LogP contribution < -0.4 is 5.73 Å². The smallest absolute Gasteiger partial charge is 0.232 e. The van der Waals surface area contributed by atoms with Gasteiger partial charge >= 0.3 is 0 Å². The van der Waals surface area contributed by atoms with Gasteiger partial charge in [0.05, 0.1) is 5.75 Å². The Hall–Kier alpha value is -0.220. The molecule has 4 saturated carbocycles. The predicted octanol–water partition coefficient (Wildman–Crippen LogP) is 2.25. The lowest BCUT2D eigenvalue weighted by molar-refractivity contribution is -0.127. The maximum atomic E-state index is 12.3. The predicted molar refractivity (Wildman–Crippen MR) is 82.5 cm³/mol. The van der Waals surface area contributed by atoms with Crippen LogP contribution in [0.3, 0.4) is 0 Å². The molecule has 4 heteroatoms. The van der Waals surface area contributed by atoms with E-state index in [-0.39, 0.29) is 6.04 Å². The molecule has 0 spiro atoms. The zero-order valence-electron chi connectivity index (χ0n) is 12.2. The standard InChI is InChI=1S/C16H26N2OS/c17-14-1-2-18(9-14)15(19)10-20-16-6-11-3-12(7-16)5-13(4-11)8-16/h11-14H,1-10,17H2. The molecule has 1 saturated heterocycles. The topological polar surface area (TPSA) is 46.3 Å². The molecule has 3 nitrogen and oxygen atoms in total. The molecule has 4 bridgehead atoms. The van der Waals surface area contributed by atoms with Crippen molar-refractivity contribution in [1.29, 1.82) is 0 Å². The summed E-state index contributed by atoms with van der Waals surface area (Å²) in [5, 5.41) is 0. The largest absolute Gasteiger partial charge is 0.340 e. The fourth-order valence-electron chi connectivity index (χ4n) is 5.53. The number of carbonyl (C=O) groups is 1. The quantitative estimate of drug-likeness (QED) is 0.868. The van der Waals surface area contributed by atoms with Crippen LogP contribution in [0.25, 0.3) is 0 Å². The van der Waals surface area contributed by atoms with E-state index in [1.54, 1.807) is 0 Å². The van der Waals surface area contributed by atoms with Gasteiger partial charge in [-0.15, -0.1) is 11.8 Å². The van der Waals surface area contributed by atoms with Crippen LogP contribution in [0.4, 0.5) is 0 Å². The average molecular weight is 294 g/mol.